The van der Waals surface area contributed by atoms with E-state index < -0.39 is 15.9 Å². The molecule has 1 aliphatic rings. The van der Waals surface area contributed by atoms with Crippen LogP contribution in [0, 0.1) is 5.92 Å². The molecule has 1 amide bonds. The quantitative estimate of drug-likeness (QED) is 0.809. The van der Waals surface area contributed by atoms with E-state index in [9.17, 15) is 13.2 Å². The summed E-state index contributed by atoms with van der Waals surface area (Å²) >= 11 is 1.33. The Morgan fingerprint density at radius 1 is 1.27 bits per heavy atom. The van der Waals surface area contributed by atoms with Gasteiger partial charge in [-0.3, -0.25) is 9.52 Å². The molecule has 7 heteroatoms. The third kappa shape index (κ3) is 3.64. The summed E-state index contributed by atoms with van der Waals surface area (Å²) in [7, 11) is -3.77. The van der Waals surface area contributed by atoms with Crippen molar-refractivity contribution < 1.29 is 13.2 Å². The number of carbonyl (C=O) groups is 1. The molecule has 0 saturated heterocycles. The molecule has 0 fully saturated rings. The molecule has 0 radical (unpaired) electrons. The van der Waals surface area contributed by atoms with Gasteiger partial charge in [-0.15, -0.1) is 11.3 Å². The Morgan fingerprint density at radius 2 is 1.92 bits per heavy atom. The Bertz CT molecular complexity index is 928. The highest BCUT2D eigenvalue weighted by Gasteiger charge is 2.28. The molecular weight excluding hydrogens is 368 g/mol. The first kappa shape index (κ1) is 18.9. The van der Waals surface area contributed by atoms with Gasteiger partial charge in [0.25, 0.3) is 15.9 Å². The summed E-state index contributed by atoms with van der Waals surface area (Å²) in [5, 5.41) is 0.338. The van der Waals surface area contributed by atoms with Gasteiger partial charge in [0, 0.05) is 4.88 Å². The fourth-order valence-corrected chi connectivity index (χ4v) is 6.02. The Labute approximate surface area is 158 Å². The van der Waals surface area contributed by atoms with Crippen LogP contribution in [0.3, 0.4) is 0 Å². The molecule has 1 heterocycles. The summed E-state index contributed by atoms with van der Waals surface area (Å²) in [5.74, 6) is 0.270. The Morgan fingerprint density at radius 3 is 2.50 bits per heavy atom. The maximum atomic E-state index is 12.8. The van der Waals surface area contributed by atoms with Crippen LogP contribution in [0.15, 0.2) is 29.2 Å². The third-order valence-corrected chi connectivity index (χ3v) is 7.51. The zero-order valence-corrected chi connectivity index (χ0v) is 16.8. The van der Waals surface area contributed by atoms with Gasteiger partial charge in [-0.2, -0.15) is 0 Å². The fourth-order valence-electron chi connectivity index (χ4n) is 3.30. The van der Waals surface area contributed by atoms with Gasteiger partial charge in [-0.1, -0.05) is 32.9 Å². The highest BCUT2D eigenvalue weighted by molar-refractivity contribution is 7.93. The fraction of sp³-hybridized carbons (Fsp3) is 0.421. The molecule has 3 N–H and O–H groups in total. The van der Waals surface area contributed by atoms with E-state index in [1.807, 2.05) is 12.1 Å². The zero-order chi connectivity index (χ0) is 19.1. The second-order valence-corrected chi connectivity index (χ2v) is 10.0. The van der Waals surface area contributed by atoms with E-state index in [0.717, 1.165) is 35.3 Å². The van der Waals surface area contributed by atoms with Crippen molar-refractivity contribution in [3.63, 3.8) is 0 Å². The van der Waals surface area contributed by atoms with E-state index in [1.165, 1.54) is 11.3 Å². The summed E-state index contributed by atoms with van der Waals surface area (Å²) in [5.41, 5.74) is 7.88. The van der Waals surface area contributed by atoms with E-state index in [0.29, 0.717) is 22.4 Å². The smallest absolute Gasteiger partial charge is 0.262 e. The van der Waals surface area contributed by atoms with Crippen molar-refractivity contribution >= 4 is 32.3 Å². The van der Waals surface area contributed by atoms with Crippen molar-refractivity contribution in [1.82, 2.24) is 0 Å². The number of hydrogen-bond acceptors (Lipinski definition) is 4. The predicted molar refractivity (Wildman–Crippen MR) is 105 cm³/mol. The molecule has 0 aliphatic heterocycles. The van der Waals surface area contributed by atoms with Crippen molar-refractivity contribution in [2.24, 2.45) is 11.7 Å². The summed E-state index contributed by atoms with van der Waals surface area (Å²) in [6, 6.07) is 6.82. The molecule has 2 aromatic rings. The number of rotatable bonds is 5. The first-order valence-corrected chi connectivity index (χ1v) is 11.1. The van der Waals surface area contributed by atoms with Gasteiger partial charge in [0.05, 0.1) is 10.5 Å². The predicted octanol–water partition coefficient (Wildman–Crippen LogP) is 3.90. The molecule has 1 aromatic carbocycles. The van der Waals surface area contributed by atoms with Gasteiger partial charge >= 0.3 is 0 Å². The standard InChI is InChI=1S/C19H24N2O3S2/c1-11(2)13-5-7-14(8-6-13)26(23,24)21-19-17(18(20)22)15-9-4-12(3)10-16(15)25-19/h5-8,11-12,21H,4,9-10H2,1-3H3,(H2,20,22). The van der Waals surface area contributed by atoms with Crippen LogP contribution in [0.1, 0.15) is 59.5 Å². The monoisotopic (exact) mass is 392 g/mol. The highest BCUT2D eigenvalue weighted by Crippen LogP contribution is 2.40. The van der Waals surface area contributed by atoms with Crippen molar-refractivity contribution in [2.45, 2.75) is 50.8 Å². The molecule has 0 spiro atoms. The largest absolute Gasteiger partial charge is 0.365 e. The SMILES string of the molecule is CC1CCc2c(sc(NS(=O)(=O)c3ccc(C(C)C)cc3)c2C(N)=O)C1. The Kier molecular flexibility index (Phi) is 5.12. The minimum Gasteiger partial charge on any atom is -0.365 e. The highest BCUT2D eigenvalue weighted by atomic mass is 32.2. The van der Waals surface area contributed by atoms with Crippen molar-refractivity contribution in [3.05, 3.63) is 45.8 Å². The van der Waals surface area contributed by atoms with Crippen LogP contribution in [0.25, 0.3) is 0 Å². The molecule has 1 unspecified atom stereocenters. The minimum atomic E-state index is -3.77. The lowest BCUT2D eigenvalue weighted by Gasteiger charge is -2.18. The second kappa shape index (κ2) is 7.04. The molecule has 5 nitrogen and oxygen atoms in total. The van der Waals surface area contributed by atoms with Crippen LogP contribution >= 0.6 is 11.3 Å². The summed E-state index contributed by atoms with van der Waals surface area (Å²) in [6.45, 7) is 6.27. The molecule has 26 heavy (non-hydrogen) atoms. The van der Waals surface area contributed by atoms with Crippen LogP contribution in [0.4, 0.5) is 5.00 Å². The first-order chi connectivity index (χ1) is 12.2. The average molecular weight is 393 g/mol. The molecule has 140 valence electrons. The molecule has 1 aromatic heterocycles. The topological polar surface area (TPSA) is 89.3 Å². The Hall–Kier alpha value is -1.86. The summed E-state index contributed by atoms with van der Waals surface area (Å²) < 4.78 is 28.2. The van der Waals surface area contributed by atoms with Gasteiger partial charge < -0.3 is 5.73 Å². The molecule has 0 bridgehead atoms. The second-order valence-electron chi connectivity index (χ2n) is 7.25. The number of primary amides is 1. The molecular formula is C19H24N2O3S2. The minimum absolute atomic E-state index is 0.178. The average Bonchev–Trinajstić information content (AvgIpc) is 2.91. The van der Waals surface area contributed by atoms with Crippen LogP contribution in [-0.4, -0.2) is 14.3 Å². The van der Waals surface area contributed by atoms with Gasteiger partial charge in [0.15, 0.2) is 0 Å². The normalized spacial score (nSPS) is 17.2. The third-order valence-electron chi connectivity index (χ3n) is 4.84. The van der Waals surface area contributed by atoms with Gasteiger partial charge in [-0.05, 0) is 54.4 Å². The number of sulfonamides is 1. The lowest BCUT2D eigenvalue weighted by Crippen LogP contribution is -2.19. The maximum absolute atomic E-state index is 12.8. The van der Waals surface area contributed by atoms with E-state index >= 15 is 0 Å². The van der Waals surface area contributed by atoms with Gasteiger partial charge in [0.1, 0.15) is 5.00 Å². The Balaban J connectivity index is 1.96. The number of nitrogens with two attached hydrogens (primary N) is 1. The van der Waals surface area contributed by atoms with Crippen molar-refractivity contribution in [3.8, 4) is 0 Å². The van der Waals surface area contributed by atoms with Crippen LogP contribution in [0.2, 0.25) is 0 Å². The summed E-state index contributed by atoms with van der Waals surface area (Å²) in [6.07, 6.45) is 2.59. The van der Waals surface area contributed by atoms with Crippen LogP contribution in [-0.2, 0) is 22.9 Å². The van der Waals surface area contributed by atoms with E-state index in [-0.39, 0.29) is 4.90 Å². The zero-order valence-electron chi connectivity index (χ0n) is 15.2. The van der Waals surface area contributed by atoms with Gasteiger partial charge in [-0.25, -0.2) is 8.42 Å². The lowest BCUT2D eigenvalue weighted by molar-refractivity contribution is 0.100. The maximum Gasteiger partial charge on any atom is 0.262 e. The van der Waals surface area contributed by atoms with Crippen LogP contribution in [0.5, 0.6) is 0 Å². The van der Waals surface area contributed by atoms with Crippen molar-refractivity contribution in [2.75, 3.05) is 4.72 Å². The number of amides is 1. The van der Waals surface area contributed by atoms with E-state index in [4.69, 9.17) is 5.73 Å². The molecule has 1 aliphatic carbocycles. The van der Waals surface area contributed by atoms with E-state index in [1.54, 1.807) is 12.1 Å². The first-order valence-electron chi connectivity index (χ1n) is 8.76. The number of hydrogen-bond donors (Lipinski definition) is 2. The van der Waals surface area contributed by atoms with Crippen LogP contribution < -0.4 is 10.5 Å². The number of anilines is 1. The van der Waals surface area contributed by atoms with E-state index in [2.05, 4.69) is 25.5 Å². The lowest BCUT2D eigenvalue weighted by atomic mass is 9.88. The number of benzene rings is 1. The van der Waals surface area contributed by atoms with Gasteiger partial charge in [0.2, 0.25) is 0 Å². The molecule has 1 atom stereocenters. The molecule has 3 rings (SSSR count). The summed E-state index contributed by atoms with van der Waals surface area (Å²) in [4.78, 5) is 13.2. The number of fused-ring (bicyclic) bond motifs is 1. The van der Waals surface area contributed by atoms with Crippen molar-refractivity contribution in [1.29, 1.82) is 0 Å². The molecule has 0 saturated carbocycles. The number of carbonyl (C=O) groups excluding carboxylic acids is 1. The number of thiophene rings is 1. The number of nitrogens with one attached hydrogen (secondary N) is 1.